The summed E-state index contributed by atoms with van der Waals surface area (Å²) >= 11 is 1.90. The first-order valence-electron chi connectivity index (χ1n) is 12.8. The molecule has 6 heteroatoms. The number of carboxylic acids is 1. The average Bonchev–Trinajstić information content (AvgIpc) is 2.91. The van der Waals surface area contributed by atoms with Gasteiger partial charge in [-0.3, -0.25) is 14.6 Å². The van der Waals surface area contributed by atoms with Gasteiger partial charge in [-0.25, -0.2) is 0 Å². The van der Waals surface area contributed by atoms with E-state index in [-0.39, 0.29) is 12.3 Å². The molecule has 1 heterocycles. The minimum absolute atomic E-state index is 0.0453. The van der Waals surface area contributed by atoms with Crippen LogP contribution in [0.2, 0.25) is 0 Å². The second-order valence-corrected chi connectivity index (χ2v) is 10.3. The maximum Gasteiger partial charge on any atom is 0.310 e. The number of carboxylic acid groups (broad SMARTS) is 1. The van der Waals surface area contributed by atoms with Crippen LogP contribution in [0.3, 0.4) is 0 Å². The van der Waals surface area contributed by atoms with E-state index in [1.165, 1.54) is 5.56 Å². The highest BCUT2D eigenvalue weighted by molar-refractivity contribution is 7.98. The van der Waals surface area contributed by atoms with Gasteiger partial charge in [0, 0.05) is 17.9 Å². The Morgan fingerprint density at radius 2 is 1.73 bits per heavy atom. The Labute approximate surface area is 224 Å². The fourth-order valence-corrected chi connectivity index (χ4v) is 5.03. The number of aliphatic carboxylic acids is 1. The number of thioether (sulfide) groups is 1. The minimum atomic E-state index is -1.03. The topological polar surface area (TPSA) is 79.3 Å². The Balaban J connectivity index is 1.52. The molecule has 0 bridgehead atoms. The maximum absolute atomic E-state index is 12.6. The van der Waals surface area contributed by atoms with Gasteiger partial charge in [-0.05, 0) is 72.9 Å². The molecular weight excluding hydrogens is 480 g/mol. The lowest BCUT2D eigenvalue weighted by Gasteiger charge is -2.25. The number of nitrogens with one attached hydrogen (secondary N) is 1. The van der Waals surface area contributed by atoms with Crippen molar-refractivity contribution < 1.29 is 14.7 Å². The molecule has 2 N–H and O–H groups in total. The van der Waals surface area contributed by atoms with E-state index >= 15 is 0 Å². The Bertz CT molecular complexity index is 1190. The predicted molar refractivity (Wildman–Crippen MR) is 154 cm³/mol. The van der Waals surface area contributed by atoms with Gasteiger partial charge in [0.05, 0.1) is 16.8 Å². The van der Waals surface area contributed by atoms with Gasteiger partial charge >= 0.3 is 5.97 Å². The Morgan fingerprint density at radius 1 is 0.973 bits per heavy atom. The molecule has 0 atom stereocenters. The lowest BCUT2D eigenvalue weighted by molar-refractivity contribution is -0.151. The fraction of sp³-hybridized carbons (Fsp3) is 0.323. The van der Waals surface area contributed by atoms with Crippen molar-refractivity contribution in [3.05, 3.63) is 95.3 Å². The summed E-state index contributed by atoms with van der Waals surface area (Å²) in [6, 6.07) is 24.1. The third-order valence-corrected chi connectivity index (χ3v) is 7.68. The van der Waals surface area contributed by atoms with Crippen molar-refractivity contribution in [2.45, 2.75) is 51.7 Å². The first-order valence-corrected chi connectivity index (χ1v) is 14.0. The van der Waals surface area contributed by atoms with Crippen molar-refractivity contribution in [3.63, 3.8) is 0 Å². The molecule has 0 radical (unpaired) electrons. The quantitative estimate of drug-likeness (QED) is 0.219. The van der Waals surface area contributed by atoms with Gasteiger partial charge in [0.1, 0.15) is 0 Å². The zero-order valence-corrected chi connectivity index (χ0v) is 22.5. The predicted octanol–water partition coefficient (Wildman–Crippen LogP) is 7.34. The van der Waals surface area contributed by atoms with Crippen molar-refractivity contribution >= 4 is 41.5 Å². The largest absolute Gasteiger partial charge is 0.481 e. The molecule has 2 aromatic carbocycles. The summed E-state index contributed by atoms with van der Waals surface area (Å²) in [6.45, 7) is 3.62. The van der Waals surface area contributed by atoms with Crippen LogP contribution in [0, 0.1) is 5.41 Å². The number of aromatic nitrogens is 1. The van der Waals surface area contributed by atoms with Gasteiger partial charge in [0.15, 0.2) is 0 Å². The molecule has 5 nitrogen and oxygen atoms in total. The SMILES string of the molecule is CCC(CC)(CC(=O)Nc1cccc(/C=C/c2cccc(CSCCCc3ccccc3)n2)c1)C(=O)O. The molecule has 0 saturated heterocycles. The van der Waals surface area contributed by atoms with Gasteiger partial charge in [-0.15, -0.1) is 0 Å². The standard InChI is InChI=1S/C31H36N2O3S/c1-3-31(4-2,30(35)36)22-29(34)33-27-16-8-13-25(21-27)18-19-26-15-9-17-28(32-26)23-37-20-10-14-24-11-6-5-7-12-24/h5-9,11-13,15-19,21H,3-4,10,14,20,22-23H2,1-2H3,(H,33,34)(H,35,36)/b19-18+. The Hall–Kier alpha value is -3.38. The number of amides is 1. The van der Waals surface area contributed by atoms with Gasteiger partial charge in [0.25, 0.3) is 0 Å². The smallest absolute Gasteiger partial charge is 0.310 e. The molecule has 3 rings (SSSR count). The van der Waals surface area contributed by atoms with Crippen LogP contribution in [0.25, 0.3) is 12.2 Å². The number of aryl methyl sites for hydroxylation is 1. The van der Waals surface area contributed by atoms with Crippen LogP contribution < -0.4 is 5.32 Å². The second-order valence-electron chi connectivity index (χ2n) is 9.17. The van der Waals surface area contributed by atoms with Crippen molar-refractivity contribution in [2.24, 2.45) is 5.41 Å². The maximum atomic E-state index is 12.6. The van der Waals surface area contributed by atoms with Crippen molar-refractivity contribution in [3.8, 4) is 0 Å². The van der Waals surface area contributed by atoms with Crippen molar-refractivity contribution in [1.82, 2.24) is 4.98 Å². The van der Waals surface area contributed by atoms with Crippen LogP contribution in [0.5, 0.6) is 0 Å². The third kappa shape index (κ3) is 8.90. The fourth-order valence-electron chi connectivity index (χ4n) is 4.16. The van der Waals surface area contributed by atoms with Crippen LogP contribution in [-0.4, -0.2) is 27.7 Å². The first-order chi connectivity index (χ1) is 17.9. The van der Waals surface area contributed by atoms with E-state index in [4.69, 9.17) is 4.98 Å². The molecule has 0 spiro atoms. The number of hydrogen-bond donors (Lipinski definition) is 2. The lowest BCUT2D eigenvalue weighted by atomic mass is 9.79. The summed E-state index contributed by atoms with van der Waals surface area (Å²) < 4.78 is 0. The van der Waals surface area contributed by atoms with Crippen molar-refractivity contribution in [2.75, 3.05) is 11.1 Å². The highest BCUT2D eigenvalue weighted by Crippen LogP contribution is 2.31. The number of benzene rings is 2. The summed E-state index contributed by atoms with van der Waals surface area (Å²) in [5.41, 5.74) is 3.87. The molecule has 37 heavy (non-hydrogen) atoms. The monoisotopic (exact) mass is 516 g/mol. The van der Waals surface area contributed by atoms with Crippen LogP contribution in [0.1, 0.15) is 62.0 Å². The number of pyridine rings is 1. The Morgan fingerprint density at radius 3 is 2.46 bits per heavy atom. The molecule has 1 aromatic heterocycles. The molecule has 3 aromatic rings. The highest BCUT2D eigenvalue weighted by atomic mass is 32.2. The van der Waals surface area contributed by atoms with E-state index in [1.807, 2.05) is 80.2 Å². The highest BCUT2D eigenvalue weighted by Gasteiger charge is 2.37. The van der Waals surface area contributed by atoms with E-state index in [0.29, 0.717) is 18.5 Å². The molecule has 0 aliphatic carbocycles. The molecule has 0 saturated carbocycles. The first kappa shape index (κ1) is 28.2. The molecule has 0 aliphatic rings. The minimum Gasteiger partial charge on any atom is -0.481 e. The van der Waals surface area contributed by atoms with Crippen LogP contribution in [0.15, 0.2) is 72.8 Å². The molecule has 0 aliphatic heterocycles. The second kappa shape index (κ2) is 14.4. The number of rotatable bonds is 14. The van der Waals surface area contributed by atoms with Gasteiger partial charge in [-0.2, -0.15) is 11.8 Å². The number of hydrogen-bond acceptors (Lipinski definition) is 4. The van der Waals surface area contributed by atoms with Crippen molar-refractivity contribution in [1.29, 1.82) is 0 Å². The van der Waals surface area contributed by atoms with E-state index in [1.54, 1.807) is 0 Å². The summed E-state index contributed by atoms with van der Waals surface area (Å²) in [7, 11) is 0. The molecular formula is C31H36N2O3S. The van der Waals surface area contributed by atoms with Crippen LogP contribution in [-0.2, 0) is 21.8 Å². The molecule has 0 unspecified atom stereocenters. The normalized spacial score (nSPS) is 11.5. The van der Waals surface area contributed by atoms with Gasteiger partial charge in [-0.1, -0.05) is 68.5 Å². The lowest BCUT2D eigenvalue weighted by Crippen LogP contribution is -2.34. The van der Waals surface area contributed by atoms with Gasteiger partial charge in [0.2, 0.25) is 5.91 Å². The number of carbonyl (C=O) groups excluding carboxylic acids is 1. The summed E-state index contributed by atoms with van der Waals surface area (Å²) in [6.07, 6.45) is 6.95. The van der Waals surface area contributed by atoms with E-state index in [0.717, 1.165) is 41.3 Å². The number of nitrogens with zero attached hydrogens (tertiary/aromatic N) is 1. The van der Waals surface area contributed by atoms with E-state index in [2.05, 4.69) is 35.6 Å². The summed E-state index contributed by atoms with van der Waals surface area (Å²) in [5, 5.41) is 12.5. The average molecular weight is 517 g/mol. The molecule has 0 fully saturated rings. The van der Waals surface area contributed by atoms with Gasteiger partial charge < -0.3 is 10.4 Å². The Kier molecular flexibility index (Phi) is 11.0. The summed E-state index contributed by atoms with van der Waals surface area (Å²) in [5.74, 6) is 0.762. The zero-order valence-electron chi connectivity index (χ0n) is 21.7. The van der Waals surface area contributed by atoms with E-state index < -0.39 is 11.4 Å². The van der Waals surface area contributed by atoms with Crippen LogP contribution >= 0.6 is 11.8 Å². The molecule has 1 amide bonds. The number of anilines is 1. The zero-order chi connectivity index (χ0) is 26.5. The number of carbonyl (C=O) groups is 2. The third-order valence-electron chi connectivity index (χ3n) is 6.60. The summed E-state index contributed by atoms with van der Waals surface area (Å²) in [4.78, 5) is 29.0. The molecule has 194 valence electrons. The van der Waals surface area contributed by atoms with Crippen LogP contribution in [0.4, 0.5) is 5.69 Å². The van der Waals surface area contributed by atoms with E-state index in [9.17, 15) is 14.7 Å².